The van der Waals surface area contributed by atoms with Gasteiger partial charge in [0.2, 0.25) is 0 Å². The predicted molar refractivity (Wildman–Crippen MR) is 243 cm³/mol. The largest absolute Gasteiger partial charge is 0.489 e. The summed E-state index contributed by atoms with van der Waals surface area (Å²) in [5.41, 5.74) is 3.42. The van der Waals surface area contributed by atoms with Crippen molar-refractivity contribution in [3.8, 4) is 11.4 Å². The van der Waals surface area contributed by atoms with Gasteiger partial charge >= 0.3 is 11.8 Å². The highest BCUT2D eigenvalue weighted by molar-refractivity contribution is 6.10. The molecule has 67 heavy (non-hydrogen) atoms. The zero-order chi connectivity index (χ0) is 49.1. The van der Waals surface area contributed by atoms with Crippen LogP contribution >= 0.6 is 0 Å². The third-order valence-corrected chi connectivity index (χ3v) is 15.0. The molecule has 3 amide bonds. The van der Waals surface area contributed by atoms with Crippen molar-refractivity contribution in [1.29, 1.82) is 0 Å². The Morgan fingerprint density at radius 3 is 2.52 bits per heavy atom. The molecule has 0 radical (unpaired) electrons. The molecule has 1 unspecified atom stereocenters. The molecule has 346 valence electrons. The van der Waals surface area contributed by atoms with Crippen molar-refractivity contribution in [3.63, 3.8) is 0 Å². The van der Waals surface area contributed by atoms with E-state index >= 15 is 18.4 Å². The summed E-state index contributed by atoms with van der Waals surface area (Å²) in [7, 11) is 0. The second-order valence-corrected chi connectivity index (χ2v) is 19.6. The highest BCUT2D eigenvalue weighted by Crippen LogP contribution is 2.56. The third-order valence-electron chi connectivity index (χ3n) is 15.0. The average molecular weight is 916 g/mol. The fourth-order valence-electron chi connectivity index (χ4n) is 11.6. The molecule has 1 N–H and O–H groups in total. The number of aromatic amines is 1. The monoisotopic (exact) mass is 915 g/mol. The molecule has 0 spiro atoms. The molecule has 1 aliphatic carbocycles. The maximum Gasteiger partial charge on any atom is 0.438 e. The Kier molecular flexibility index (Phi) is 8.20. The Morgan fingerprint density at radius 1 is 1.01 bits per heavy atom. The molecule has 3 aromatic carbocycles. The van der Waals surface area contributed by atoms with Gasteiger partial charge < -0.3 is 18.9 Å². The minimum atomic E-state index is -2.70. The van der Waals surface area contributed by atoms with E-state index in [-0.39, 0.29) is 71.2 Å². The number of fused-ring (bicyclic) bond motifs is 6. The first-order chi connectivity index (χ1) is 33.3. The molecule has 8 heterocycles. The number of aryl methyl sites for hydroxylation is 3. The van der Waals surface area contributed by atoms with Crippen LogP contribution in [-0.2, 0) is 23.7 Å². The molecule has 0 bridgehead atoms. The Labute approximate surface area is 387 Å². The summed E-state index contributed by atoms with van der Waals surface area (Å²) in [6.07, 6.45) is 3.70. The lowest BCUT2D eigenvalue weighted by Crippen LogP contribution is -2.42. The van der Waals surface area contributed by atoms with E-state index in [4.69, 9.17) is 23.2 Å². The van der Waals surface area contributed by atoms with E-state index in [0.29, 0.717) is 64.9 Å². The molecule has 2 saturated heterocycles. The summed E-state index contributed by atoms with van der Waals surface area (Å²) < 4.78 is 77.4. The van der Waals surface area contributed by atoms with Crippen molar-refractivity contribution in [3.05, 3.63) is 110 Å². The second kappa shape index (κ2) is 14.3. The number of carbonyl (C=O) groups is 2. The van der Waals surface area contributed by atoms with Crippen LogP contribution in [0.5, 0.6) is 5.75 Å². The first kappa shape index (κ1) is 38.3. The van der Waals surface area contributed by atoms with Gasteiger partial charge in [0.05, 0.1) is 52.7 Å². The Bertz CT molecular complexity index is 3420. The molecule has 12 rings (SSSR count). The minimum absolute atomic E-state index is 0.00907. The summed E-state index contributed by atoms with van der Waals surface area (Å²) >= 11 is 0. The first-order valence-corrected chi connectivity index (χ1v) is 22.8. The maximum atomic E-state index is 16.8. The van der Waals surface area contributed by atoms with E-state index in [1.54, 1.807) is 35.6 Å². The van der Waals surface area contributed by atoms with Crippen LogP contribution in [0.2, 0.25) is 0 Å². The minimum Gasteiger partial charge on any atom is -0.489 e. The van der Waals surface area contributed by atoms with E-state index in [9.17, 15) is 4.79 Å². The second-order valence-electron chi connectivity index (χ2n) is 19.6. The zero-order valence-electron chi connectivity index (χ0n) is 40.8. The SMILES string of the molecule is [2H]C([2H])([2H])n1ncc2c(F)c3c(cc21)OCC1CN(c2c4c(nn2-c2cc(C)c(F)c(C)c2)CCN(C(=O)c2cc5cc([C@H]6CCOC(C)(C)C6)ccc5n2[C@@]2(c5noc(=O)[nH]5)C[C@@H]2C)[C@H]4C)C(=O)N31. The molecule has 4 aliphatic heterocycles. The first-order valence-electron chi connectivity index (χ1n) is 24.3. The Hall–Kier alpha value is -6.82. The molecule has 3 fully saturated rings. The number of urea groups is 1. The number of anilines is 2. The third kappa shape index (κ3) is 6.03. The van der Waals surface area contributed by atoms with Gasteiger partial charge in [0.15, 0.2) is 11.6 Å². The zero-order valence-corrected chi connectivity index (χ0v) is 37.8. The van der Waals surface area contributed by atoms with Crippen LogP contribution in [0.25, 0.3) is 27.5 Å². The molecule has 5 atom stereocenters. The van der Waals surface area contributed by atoms with Gasteiger partial charge in [-0.3, -0.25) is 28.8 Å². The number of nitrogens with one attached hydrogen (secondary N) is 1. The van der Waals surface area contributed by atoms with Crippen molar-refractivity contribution in [2.75, 3.05) is 36.1 Å². The number of ether oxygens (including phenoxy) is 2. The van der Waals surface area contributed by atoms with E-state index < -0.39 is 42.2 Å². The highest BCUT2D eigenvalue weighted by atomic mass is 19.1. The number of halogens is 2. The number of nitrogens with zero attached hydrogens (tertiary/aromatic N) is 9. The number of hydrogen-bond acceptors (Lipinski definition) is 9. The van der Waals surface area contributed by atoms with Gasteiger partial charge in [0.25, 0.3) is 5.91 Å². The number of carbonyl (C=O) groups excluding carboxylic acids is 2. The lowest BCUT2D eigenvalue weighted by atomic mass is 9.83. The molecule has 1 saturated carbocycles. The topological polar surface area (TPSA) is 162 Å². The van der Waals surface area contributed by atoms with Gasteiger partial charge in [-0.1, -0.05) is 18.1 Å². The lowest BCUT2D eigenvalue weighted by Gasteiger charge is -2.35. The molecule has 7 aromatic rings. The molecule has 4 aromatic heterocycles. The standard InChI is InChI=1S/C49H50F2N10O6/c1-24-14-31(15-25(2)40(24)50)61-43(58-22-32-23-65-38-18-36-33(21-52-56(36)7)41(51)42(38)59(32)47(58)64)39-27(4)57(12-10-34(39)54-61)44(62)37-17-30-16-28(29-11-13-66-48(5,6)20-29)8-9-35(30)60(37)49(19-26(49)3)45-53-46(63)67-55-45/h8-9,14-18,21,26-27,29,32H,10-13,19-20,22-23H2,1-7H3,(H,53,55,63)/t26-,27-,29-,32?,49-/m0/s1/i7D3. The van der Waals surface area contributed by atoms with Crippen LogP contribution in [-0.4, -0.2) is 89.1 Å². The predicted octanol–water partition coefficient (Wildman–Crippen LogP) is 7.71. The van der Waals surface area contributed by atoms with E-state index in [0.717, 1.165) is 40.2 Å². The van der Waals surface area contributed by atoms with Gasteiger partial charge in [-0.2, -0.15) is 10.2 Å². The van der Waals surface area contributed by atoms with Gasteiger partial charge in [0.1, 0.15) is 40.9 Å². The molecular weight excluding hydrogens is 863 g/mol. The number of amides is 3. The van der Waals surface area contributed by atoms with E-state index in [1.807, 2.05) is 30.5 Å². The van der Waals surface area contributed by atoms with Crippen LogP contribution in [0.15, 0.2) is 58.0 Å². The van der Waals surface area contributed by atoms with Crippen LogP contribution in [0.3, 0.4) is 0 Å². The molecular formula is C49H50F2N10O6. The van der Waals surface area contributed by atoms with Gasteiger partial charge in [-0.05, 0) is 113 Å². The number of benzene rings is 3. The summed E-state index contributed by atoms with van der Waals surface area (Å²) in [5, 5.41) is 14.0. The number of H-pyrrole nitrogens is 1. The summed E-state index contributed by atoms with van der Waals surface area (Å²) in [6, 6.07) is 10.9. The fourth-order valence-corrected chi connectivity index (χ4v) is 11.6. The van der Waals surface area contributed by atoms with Crippen LogP contribution in [0, 0.1) is 31.4 Å². The van der Waals surface area contributed by atoms with Gasteiger partial charge in [-0.25, -0.2) is 23.1 Å². The maximum absolute atomic E-state index is 16.8. The van der Waals surface area contributed by atoms with Crippen molar-refractivity contribution >= 4 is 45.2 Å². The lowest BCUT2D eigenvalue weighted by molar-refractivity contribution is -0.0592. The molecule has 5 aliphatic rings. The van der Waals surface area contributed by atoms with Crippen molar-refractivity contribution in [1.82, 2.24) is 39.2 Å². The van der Waals surface area contributed by atoms with Crippen molar-refractivity contribution in [2.45, 2.75) is 96.4 Å². The van der Waals surface area contributed by atoms with Crippen molar-refractivity contribution < 1.29 is 36.5 Å². The number of hydrogen-bond donors (Lipinski definition) is 1. The number of aromatic nitrogens is 7. The smallest absolute Gasteiger partial charge is 0.438 e. The normalized spacial score (nSPS) is 25.2. The van der Waals surface area contributed by atoms with E-state index in [2.05, 4.69) is 41.2 Å². The summed E-state index contributed by atoms with van der Waals surface area (Å²) in [6.45, 7) is 9.62. The molecule has 18 heteroatoms. The fraction of sp³-hybridized carbons (Fsp3) is 0.429. The Balaban J connectivity index is 0.980. The number of rotatable bonds is 6. The van der Waals surface area contributed by atoms with Crippen LogP contribution < -0.4 is 20.3 Å². The highest BCUT2D eigenvalue weighted by Gasteiger charge is 2.59. The quantitative estimate of drug-likeness (QED) is 0.176. The molecule has 16 nitrogen and oxygen atoms in total. The van der Waals surface area contributed by atoms with Gasteiger partial charge in [0, 0.05) is 53.2 Å². The summed E-state index contributed by atoms with van der Waals surface area (Å²) in [4.78, 5) is 50.7. The summed E-state index contributed by atoms with van der Waals surface area (Å²) in [5.74, 6) is -1.37. The van der Waals surface area contributed by atoms with Gasteiger partial charge in [-0.15, -0.1) is 0 Å². The Morgan fingerprint density at radius 2 is 1.81 bits per heavy atom. The van der Waals surface area contributed by atoms with Crippen LogP contribution in [0.4, 0.5) is 25.1 Å². The van der Waals surface area contributed by atoms with E-state index in [1.165, 1.54) is 15.9 Å². The average Bonchev–Trinajstić information content (AvgIpc) is 3.95. The van der Waals surface area contributed by atoms with Crippen LogP contribution in [0.1, 0.15) is 107 Å². The van der Waals surface area contributed by atoms with Crippen molar-refractivity contribution in [2.24, 2.45) is 12.9 Å².